The third-order valence-electron chi connectivity index (χ3n) is 0.563. The van der Waals surface area contributed by atoms with Gasteiger partial charge in [-0.2, -0.15) is 0 Å². The molecule has 1 unspecified atom stereocenters. The van der Waals surface area contributed by atoms with Crippen LogP contribution in [0, 0.1) is 0 Å². The van der Waals surface area contributed by atoms with E-state index < -0.39 is 18.6 Å². The van der Waals surface area contributed by atoms with Crippen molar-refractivity contribution in [3.63, 3.8) is 0 Å². The van der Waals surface area contributed by atoms with Crippen LogP contribution in [0.1, 0.15) is 6.92 Å². The van der Waals surface area contributed by atoms with Crippen molar-refractivity contribution in [2.24, 2.45) is 0 Å². The molecule has 0 saturated carbocycles. The summed E-state index contributed by atoms with van der Waals surface area (Å²) in [5.41, 5.74) is 0. The molecule has 0 aromatic carbocycles. The number of halogens is 1. The van der Waals surface area contributed by atoms with Crippen LogP contribution in [0.15, 0.2) is 0 Å². The topological polar surface area (TPSA) is 0 Å². The van der Waals surface area contributed by atoms with E-state index in [1.54, 1.807) is 0 Å². The fourth-order valence-corrected chi connectivity index (χ4v) is 0. The van der Waals surface area contributed by atoms with Crippen molar-refractivity contribution < 1.29 is 0 Å². The molecule has 0 aliphatic rings. The zero-order valence-corrected chi connectivity index (χ0v) is 7.71. The maximum absolute atomic E-state index is 5.67. The van der Waals surface area contributed by atoms with Crippen LogP contribution in [0.5, 0.6) is 0 Å². The Hall–Kier alpha value is 1.09. The van der Waals surface area contributed by atoms with E-state index in [1.165, 1.54) is 4.44 Å². The van der Waals surface area contributed by atoms with Crippen LogP contribution in [-0.2, 0) is 0 Å². The molecule has 0 amide bonds. The molecule has 0 rings (SSSR count). The van der Waals surface area contributed by atoms with Gasteiger partial charge in [-0.3, -0.25) is 0 Å². The molecule has 0 bridgehead atoms. The van der Waals surface area contributed by atoms with Gasteiger partial charge in [0.15, 0.2) is 0 Å². The normalized spacial score (nSPS) is 15.0. The summed E-state index contributed by atoms with van der Waals surface area (Å²) in [5, 5.41) is 0. The summed E-state index contributed by atoms with van der Waals surface area (Å²) in [6.45, 7) is 2.16. The fourth-order valence-electron chi connectivity index (χ4n) is 0. The summed E-state index contributed by atoms with van der Waals surface area (Å²) in [5.74, 6) is 0. The molecule has 0 N–H and O–H groups in total. The molecule has 0 aliphatic heterocycles. The molecule has 0 saturated heterocycles. The van der Waals surface area contributed by atoms with Gasteiger partial charge in [0, 0.05) is 0 Å². The zero-order chi connectivity index (χ0) is 4.28. The molecule has 2 heteroatoms. The van der Waals surface area contributed by atoms with E-state index in [2.05, 4.69) is 11.9 Å². The predicted molar refractivity (Wildman–Crippen MR) is 29.3 cm³/mol. The van der Waals surface area contributed by atoms with Gasteiger partial charge in [-0.1, -0.05) is 0 Å². The van der Waals surface area contributed by atoms with Crippen LogP contribution in [0.4, 0.5) is 0 Å². The van der Waals surface area contributed by atoms with E-state index in [9.17, 15) is 0 Å². The SMILES string of the molecule is C[CH2][SnH]([CH3])[Cl]. The van der Waals surface area contributed by atoms with Crippen molar-refractivity contribution in [1.82, 2.24) is 0 Å². The van der Waals surface area contributed by atoms with Gasteiger partial charge in [-0.05, 0) is 0 Å². The molecular weight excluding hydrogens is 190 g/mol. The fraction of sp³-hybridized carbons (Fsp3) is 1.00. The average molecular weight is 199 g/mol. The van der Waals surface area contributed by atoms with Crippen LogP contribution in [-0.4, -0.2) is 18.6 Å². The summed E-state index contributed by atoms with van der Waals surface area (Å²) in [7, 11) is 5.67. The Bertz CT molecular complexity index is 20.9. The van der Waals surface area contributed by atoms with Crippen molar-refractivity contribution in [3.05, 3.63) is 0 Å². The Morgan fingerprint density at radius 1 is 1.80 bits per heavy atom. The maximum atomic E-state index is 5.67. The second kappa shape index (κ2) is 3.29. The van der Waals surface area contributed by atoms with Gasteiger partial charge in [0.2, 0.25) is 0 Å². The molecule has 1 atom stereocenters. The predicted octanol–water partition coefficient (Wildman–Crippen LogP) is 1.60. The first-order valence-electron chi connectivity index (χ1n) is 1.91. The Labute approximate surface area is 44.0 Å². The first kappa shape index (κ1) is 6.09. The van der Waals surface area contributed by atoms with Crippen LogP contribution in [0.2, 0.25) is 9.38 Å². The van der Waals surface area contributed by atoms with Gasteiger partial charge >= 0.3 is 43.9 Å². The number of hydrogen-bond acceptors (Lipinski definition) is 0. The van der Waals surface area contributed by atoms with Gasteiger partial charge in [-0.25, -0.2) is 0 Å². The molecule has 0 aromatic heterocycles. The summed E-state index contributed by atoms with van der Waals surface area (Å²) < 4.78 is 1.28. The summed E-state index contributed by atoms with van der Waals surface area (Å²) in [6, 6.07) is 0. The Morgan fingerprint density at radius 2 is 2.00 bits per heavy atom. The van der Waals surface area contributed by atoms with E-state index in [0.717, 1.165) is 0 Å². The molecule has 0 spiro atoms. The monoisotopic (exact) mass is 200 g/mol. The third-order valence-corrected chi connectivity index (χ3v) is 5.84. The van der Waals surface area contributed by atoms with Crippen molar-refractivity contribution >= 4 is 27.6 Å². The first-order valence-corrected chi connectivity index (χ1v) is 11.7. The molecular formula is C3H9ClSn. The Kier molecular flexibility index (Phi) is 4.00. The van der Waals surface area contributed by atoms with Crippen molar-refractivity contribution in [3.8, 4) is 0 Å². The average Bonchev–Trinajstić information content (AvgIpc) is 1.38. The van der Waals surface area contributed by atoms with Gasteiger partial charge < -0.3 is 0 Å². The van der Waals surface area contributed by atoms with E-state index in [4.69, 9.17) is 8.92 Å². The second-order valence-electron chi connectivity index (χ2n) is 1.19. The molecule has 0 fully saturated rings. The van der Waals surface area contributed by atoms with E-state index in [-0.39, 0.29) is 0 Å². The van der Waals surface area contributed by atoms with E-state index in [0.29, 0.717) is 0 Å². The van der Waals surface area contributed by atoms with Crippen molar-refractivity contribution in [2.75, 3.05) is 0 Å². The number of hydrogen-bond donors (Lipinski definition) is 0. The van der Waals surface area contributed by atoms with Gasteiger partial charge in [0.05, 0.1) is 0 Å². The Balaban J connectivity index is 2.54. The molecule has 0 aliphatic carbocycles. The quantitative estimate of drug-likeness (QED) is 0.563. The third kappa shape index (κ3) is 5.09. The molecule has 0 radical (unpaired) electrons. The standard InChI is InChI=1S/C2H5.CH3.ClH.Sn.H/c1-2;;;;/h1H2,2H3;1H3;1H;;/q;;;+1;/p-1. The van der Waals surface area contributed by atoms with Gasteiger partial charge in [0.25, 0.3) is 0 Å². The summed E-state index contributed by atoms with van der Waals surface area (Å²) >= 11 is -1.21. The van der Waals surface area contributed by atoms with Crippen LogP contribution >= 0.6 is 8.92 Å². The second-order valence-corrected chi connectivity index (χ2v) is 13.0. The van der Waals surface area contributed by atoms with E-state index >= 15 is 0 Å². The van der Waals surface area contributed by atoms with Crippen LogP contribution in [0.25, 0.3) is 0 Å². The number of rotatable bonds is 1. The Morgan fingerprint density at radius 3 is 2.00 bits per heavy atom. The molecule has 0 nitrogen and oxygen atoms in total. The van der Waals surface area contributed by atoms with Gasteiger partial charge in [0.1, 0.15) is 0 Å². The summed E-state index contributed by atoms with van der Waals surface area (Å²) in [4.78, 5) is 2.20. The minimum atomic E-state index is -1.21. The van der Waals surface area contributed by atoms with Crippen LogP contribution < -0.4 is 0 Å². The molecule has 0 heterocycles. The zero-order valence-electron chi connectivity index (χ0n) is 3.66. The van der Waals surface area contributed by atoms with E-state index in [1.807, 2.05) is 0 Å². The molecule has 32 valence electrons. The van der Waals surface area contributed by atoms with Crippen molar-refractivity contribution in [2.45, 2.75) is 16.3 Å². The van der Waals surface area contributed by atoms with Gasteiger partial charge in [-0.15, -0.1) is 0 Å². The van der Waals surface area contributed by atoms with Crippen LogP contribution in [0.3, 0.4) is 0 Å². The van der Waals surface area contributed by atoms with Crippen molar-refractivity contribution in [1.29, 1.82) is 0 Å². The molecule has 5 heavy (non-hydrogen) atoms. The summed E-state index contributed by atoms with van der Waals surface area (Å²) in [6.07, 6.45) is 0. The first-order chi connectivity index (χ1) is 2.27. The minimum absolute atomic E-state index is 1.21. The molecule has 0 aromatic rings.